The molecule has 0 aliphatic rings. The number of methoxy groups -OCH3 is 2. The van der Waals surface area contributed by atoms with E-state index in [2.05, 4.69) is 14.6 Å². The number of ether oxygens (including phenoxy) is 2. The summed E-state index contributed by atoms with van der Waals surface area (Å²) in [5, 5.41) is 3.87. The molecule has 124 valence electrons. The number of esters is 2. The van der Waals surface area contributed by atoms with Crippen LogP contribution in [0.4, 0.5) is 0 Å². The third-order valence-corrected chi connectivity index (χ3v) is 3.21. The molecule has 0 N–H and O–H groups in total. The highest BCUT2D eigenvalue weighted by atomic mass is 16.6. The fourth-order valence-corrected chi connectivity index (χ4v) is 1.89. The topological polar surface area (TPSA) is 74.2 Å². The van der Waals surface area contributed by atoms with Crippen molar-refractivity contribution in [3.05, 3.63) is 70.8 Å². The Kier molecular flexibility index (Phi) is 6.08. The molecule has 6 nitrogen and oxygen atoms in total. The summed E-state index contributed by atoms with van der Waals surface area (Å²) in [7, 11) is 2.68. The zero-order valence-electron chi connectivity index (χ0n) is 13.4. The maximum Gasteiger partial charge on any atom is 0.337 e. The first-order valence-corrected chi connectivity index (χ1v) is 7.15. The molecule has 24 heavy (non-hydrogen) atoms. The Hall–Kier alpha value is -3.15. The molecule has 2 aromatic rings. The van der Waals surface area contributed by atoms with E-state index in [0.29, 0.717) is 11.1 Å². The van der Waals surface area contributed by atoms with Gasteiger partial charge < -0.3 is 14.3 Å². The second-order valence-corrected chi connectivity index (χ2v) is 4.81. The first-order chi connectivity index (χ1) is 11.6. The van der Waals surface area contributed by atoms with E-state index < -0.39 is 0 Å². The summed E-state index contributed by atoms with van der Waals surface area (Å²) in [4.78, 5) is 27.8. The minimum atomic E-state index is -0.384. The van der Waals surface area contributed by atoms with Crippen LogP contribution < -0.4 is 0 Å². The minimum absolute atomic E-state index is 0.276. The summed E-state index contributed by atoms with van der Waals surface area (Å²) in [5.74, 6) is -0.763. The molecule has 2 rings (SSSR count). The van der Waals surface area contributed by atoms with Crippen molar-refractivity contribution in [1.29, 1.82) is 0 Å². The summed E-state index contributed by atoms with van der Waals surface area (Å²) < 4.78 is 9.26. The highest BCUT2D eigenvalue weighted by Crippen LogP contribution is 2.08. The molecule has 0 fully saturated rings. The van der Waals surface area contributed by atoms with Crippen LogP contribution in [0.3, 0.4) is 0 Å². The Bertz CT molecular complexity index is 720. The van der Waals surface area contributed by atoms with Gasteiger partial charge in [-0.15, -0.1) is 0 Å². The first kappa shape index (κ1) is 17.2. The summed E-state index contributed by atoms with van der Waals surface area (Å²) in [5.41, 5.74) is 2.63. The van der Waals surface area contributed by atoms with Crippen molar-refractivity contribution >= 4 is 18.2 Å². The van der Waals surface area contributed by atoms with Gasteiger partial charge in [0.1, 0.15) is 6.61 Å². The van der Waals surface area contributed by atoms with Crippen LogP contribution in [0.1, 0.15) is 31.8 Å². The number of carbonyl (C=O) groups is 2. The Morgan fingerprint density at radius 2 is 1.38 bits per heavy atom. The van der Waals surface area contributed by atoms with Gasteiger partial charge in [-0.25, -0.2) is 9.59 Å². The predicted octanol–water partition coefficient (Wildman–Crippen LogP) is 2.81. The van der Waals surface area contributed by atoms with Crippen LogP contribution in [-0.2, 0) is 20.9 Å². The van der Waals surface area contributed by atoms with Crippen molar-refractivity contribution in [1.82, 2.24) is 0 Å². The van der Waals surface area contributed by atoms with Gasteiger partial charge in [0.25, 0.3) is 0 Å². The zero-order valence-corrected chi connectivity index (χ0v) is 13.4. The van der Waals surface area contributed by atoms with Gasteiger partial charge >= 0.3 is 11.9 Å². The zero-order chi connectivity index (χ0) is 17.4. The highest BCUT2D eigenvalue weighted by Gasteiger charge is 2.04. The third kappa shape index (κ3) is 4.67. The molecular weight excluding hydrogens is 310 g/mol. The highest BCUT2D eigenvalue weighted by molar-refractivity contribution is 5.90. The van der Waals surface area contributed by atoms with Gasteiger partial charge in [-0.1, -0.05) is 29.4 Å². The van der Waals surface area contributed by atoms with E-state index in [1.165, 1.54) is 14.2 Å². The summed E-state index contributed by atoms with van der Waals surface area (Å²) >= 11 is 0. The van der Waals surface area contributed by atoms with Gasteiger partial charge in [-0.05, 0) is 35.4 Å². The summed E-state index contributed by atoms with van der Waals surface area (Å²) in [6.45, 7) is 0.276. The number of rotatable bonds is 6. The van der Waals surface area contributed by atoms with Gasteiger partial charge in [0.2, 0.25) is 0 Å². The van der Waals surface area contributed by atoms with Crippen LogP contribution in [-0.4, -0.2) is 32.4 Å². The van der Waals surface area contributed by atoms with Crippen molar-refractivity contribution in [2.24, 2.45) is 5.16 Å². The standard InChI is InChI=1S/C18H17NO5/c1-22-17(20)15-7-3-13(4-8-15)11-19-24-12-14-5-9-16(10-6-14)18(21)23-2/h3-11H,12H2,1-2H3/b19-11-. The van der Waals surface area contributed by atoms with E-state index in [4.69, 9.17) is 4.84 Å². The number of carbonyl (C=O) groups excluding carboxylic acids is 2. The van der Waals surface area contributed by atoms with Crippen molar-refractivity contribution < 1.29 is 23.9 Å². The minimum Gasteiger partial charge on any atom is -0.465 e. The van der Waals surface area contributed by atoms with Crippen LogP contribution in [0.15, 0.2) is 53.7 Å². The number of benzene rings is 2. The van der Waals surface area contributed by atoms with Crippen LogP contribution in [0, 0.1) is 0 Å². The molecule has 0 atom stereocenters. The average Bonchev–Trinajstić information content (AvgIpc) is 2.65. The molecular formula is C18H17NO5. The normalized spacial score (nSPS) is 10.4. The Morgan fingerprint density at radius 3 is 1.88 bits per heavy atom. The number of hydrogen-bond donors (Lipinski definition) is 0. The van der Waals surface area contributed by atoms with Crippen LogP contribution in [0.2, 0.25) is 0 Å². The van der Waals surface area contributed by atoms with Gasteiger partial charge in [0, 0.05) is 0 Å². The predicted molar refractivity (Wildman–Crippen MR) is 87.9 cm³/mol. The van der Waals surface area contributed by atoms with Crippen molar-refractivity contribution in [2.45, 2.75) is 6.61 Å². The second kappa shape index (κ2) is 8.47. The van der Waals surface area contributed by atoms with Crippen molar-refractivity contribution in [3.63, 3.8) is 0 Å². The maximum atomic E-state index is 11.3. The summed E-state index contributed by atoms with van der Waals surface area (Å²) in [6, 6.07) is 13.7. The van der Waals surface area contributed by atoms with Crippen LogP contribution in [0.25, 0.3) is 0 Å². The molecule has 0 radical (unpaired) electrons. The third-order valence-electron chi connectivity index (χ3n) is 3.21. The van der Waals surface area contributed by atoms with E-state index in [1.54, 1.807) is 54.7 Å². The molecule has 0 unspecified atom stereocenters. The van der Waals surface area contributed by atoms with Crippen molar-refractivity contribution in [2.75, 3.05) is 14.2 Å². The molecule has 0 heterocycles. The van der Waals surface area contributed by atoms with E-state index in [0.717, 1.165) is 11.1 Å². The monoisotopic (exact) mass is 327 g/mol. The van der Waals surface area contributed by atoms with Gasteiger partial charge in [-0.3, -0.25) is 0 Å². The van der Waals surface area contributed by atoms with E-state index in [9.17, 15) is 9.59 Å². The SMILES string of the molecule is COC(=O)c1ccc(/C=N\OCc2ccc(C(=O)OC)cc2)cc1. The quantitative estimate of drug-likeness (QED) is 0.463. The molecule has 6 heteroatoms. The Labute approximate surface area is 139 Å². The molecule has 0 aliphatic heterocycles. The fourth-order valence-electron chi connectivity index (χ4n) is 1.89. The number of hydrogen-bond acceptors (Lipinski definition) is 6. The Morgan fingerprint density at radius 1 is 0.875 bits per heavy atom. The van der Waals surface area contributed by atoms with Crippen molar-refractivity contribution in [3.8, 4) is 0 Å². The first-order valence-electron chi connectivity index (χ1n) is 7.15. The molecule has 0 saturated carbocycles. The van der Waals surface area contributed by atoms with E-state index >= 15 is 0 Å². The number of oxime groups is 1. The smallest absolute Gasteiger partial charge is 0.337 e. The lowest BCUT2D eigenvalue weighted by atomic mass is 10.1. The van der Waals surface area contributed by atoms with Crippen LogP contribution >= 0.6 is 0 Å². The lowest BCUT2D eigenvalue weighted by Gasteiger charge is -2.02. The number of nitrogens with zero attached hydrogens (tertiary/aromatic N) is 1. The van der Waals surface area contributed by atoms with E-state index in [-0.39, 0.29) is 18.5 Å². The molecule has 0 bridgehead atoms. The summed E-state index contributed by atoms with van der Waals surface area (Å²) in [6.07, 6.45) is 1.55. The molecule has 0 spiro atoms. The molecule has 0 aromatic heterocycles. The lowest BCUT2D eigenvalue weighted by Crippen LogP contribution is -2.01. The maximum absolute atomic E-state index is 11.3. The largest absolute Gasteiger partial charge is 0.465 e. The van der Waals surface area contributed by atoms with Gasteiger partial charge in [0.05, 0.1) is 31.6 Å². The van der Waals surface area contributed by atoms with Gasteiger partial charge in [-0.2, -0.15) is 0 Å². The Balaban J connectivity index is 1.86. The molecule has 0 aliphatic carbocycles. The fraction of sp³-hybridized carbons (Fsp3) is 0.167. The lowest BCUT2D eigenvalue weighted by molar-refractivity contribution is 0.0591. The van der Waals surface area contributed by atoms with E-state index in [1.807, 2.05) is 0 Å². The van der Waals surface area contributed by atoms with Crippen LogP contribution in [0.5, 0.6) is 0 Å². The van der Waals surface area contributed by atoms with Gasteiger partial charge in [0.15, 0.2) is 0 Å². The second-order valence-electron chi connectivity index (χ2n) is 4.81. The average molecular weight is 327 g/mol. The molecule has 2 aromatic carbocycles. The molecule has 0 saturated heterocycles. The molecule has 0 amide bonds.